The topological polar surface area (TPSA) is 24.9 Å². The van der Waals surface area contributed by atoms with E-state index in [0.717, 1.165) is 24.1 Å². The van der Waals surface area contributed by atoms with Crippen LogP contribution in [0.3, 0.4) is 0 Å². The predicted octanol–water partition coefficient (Wildman–Crippen LogP) is 2.37. The fourth-order valence-corrected chi connectivity index (χ4v) is 3.66. The third kappa shape index (κ3) is 3.16. The van der Waals surface area contributed by atoms with Crippen LogP contribution in [0.4, 0.5) is 0 Å². The van der Waals surface area contributed by atoms with E-state index in [1.54, 1.807) is 14.2 Å². The van der Waals surface area contributed by atoms with E-state index in [2.05, 4.69) is 28.9 Å². The van der Waals surface area contributed by atoms with Gasteiger partial charge in [-0.2, -0.15) is 0 Å². The molecule has 116 valence electrons. The Morgan fingerprint density at radius 3 is 2.48 bits per heavy atom. The fourth-order valence-electron chi connectivity index (χ4n) is 3.66. The van der Waals surface area contributed by atoms with Gasteiger partial charge in [0, 0.05) is 37.8 Å². The van der Waals surface area contributed by atoms with Crippen molar-refractivity contribution >= 4 is 0 Å². The molecule has 0 unspecified atom stereocenters. The maximum atomic E-state index is 5.38. The Bertz CT molecular complexity index is 469. The van der Waals surface area contributed by atoms with E-state index < -0.39 is 0 Å². The zero-order valence-electron chi connectivity index (χ0n) is 13.3. The summed E-state index contributed by atoms with van der Waals surface area (Å²) in [5, 5.41) is 0. The lowest BCUT2D eigenvalue weighted by Gasteiger charge is -2.42. The maximum Gasteiger partial charge on any atom is 0.122 e. The van der Waals surface area contributed by atoms with Gasteiger partial charge in [0.05, 0.1) is 14.2 Å². The molecule has 21 heavy (non-hydrogen) atoms. The highest BCUT2D eigenvalue weighted by molar-refractivity contribution is 5.38. The van der Waals surface area contributed by atoms with Crippen LogP contribution in [0.25, 0.3) is 0 Å². The molecule has 2 heterocycles. The largest absolute Gasteiger partial charge is 0.497 e. The first-order chi connectivity index (χ1) is 10.2. The molecule has 1 aromatic rings. The molecular weight excluding hydrogens is 264 g/mol. The zero-order valence-corrected chi connectivity index (χ0v) is 13.3. The standard InChI is InChI=1S/C17H26N2O2/c1-13-10-18-6-4-5-15(18)12-19(13)11-14-7-16(20-2)9-17(8-14)21-3/h7-9,13,15H,4-6,10-12H2,1-3H3/t13-,15+/m0/s1. The number of hydrogen-bond donors (Lipinski definition) is 0. The number of nitrogens with zero attached hydrogens (tertiary/aromatic N) is 2. The smallest absolute Gasteiger partial charge is 0.122 e. The number of methoxy groups -OCH3 is 2. The SMILES string of the molecule is COc1cc(CN2C[C@H]3CCCN3C[C@@H]2C)cc(OC)c1. The van der Waals surface area contributed by atoms with Crippen molar-refractivity contribution in [2.24, 2.45) is 0 Å². The molecular formula is C17H26N2O2. The first kappa shape index (κ1) is 14.7. The van der Waals surface area contributed by atoms with Gasteiger partial charge in [-0.3, -0.25) is 9.80 Å². The summed E-state index contributed by atoms with van der Waals surface area (Å²) in [5.41, 5.74) is 1.27. The van der Waals surface area contributed by atoms with Crippen LogP contribution in [-0.2, 0) is 6.54 Å². The van der Waals surface area contributed by atoms with Crippen LogP contribution in [0.1, 0.15) is 25.3 Å². The molecule has 4 nitrogen and oxygen atoms in total. The summed E-state index contributed by atoms with van der Waals surface area (Å²) in [6, 6.07) is 7.54. The molecule has 2 aliphatic rings. The molecule has 0 N–H and O–H groups in total. The molecule has 2 atom stereocenters. The molecule has 0 bridgehead atoms. The summed E-state index contributed by atoms with van der Waals surface area (Å²) in [4.78, 5) is 5.26. The summed E-state index contributed by atoms with van der Waals surface area (Å²) in [6.45, 7) is 6.98. The second-order valence-corrected chi connectivity index (χ2v) is 6.29. The summed E-state index contributed by atoms with van der Waals surface area (Å²) in [7, 11) is 3.41. The van der Waals surface area contributed by atoms with E-state index >= 15 is 0 Å². The molecule has 2 aliphatic heterocycles. The van der Waals surface area contributed by atoms with Gasteiger partial charge in [-0.05, 0) is 44.0 Å². The van der Waals surface area contributed by atoms with Gasteiger partial charge in [0.1, 0.15) is 11.5 Å². The first-order valence-corrected chi connectivity index (χ1v) is 7.89. The third-order valence-corrected chi connectivity index (χ3v) is 4.86. The van der Waals surface area contributed by atoms with Crippen LogP contribution in [-0.4, -0.2) is 55.7 Å². The van der Waals surface area contributed by atoms with E-state index in [1.165, 1.54) is 38.0 Å². The Morgan fingerprint density at radius 1 is 1.10 bits per heavy atom. The second kappa shape index (κ2) is 6.24. The minimum Gasteiger partial charge on any atom is -0.497 e. The number of benzene rings is 1. The van der Waals surface area contributed by atoms with Crippen molar-refractivity contribution in [3.63, 3.8) is 0 Å². The monoisotopic (exact) mass is 290 g/mol. The van der Waals surface area contributed by atoms with Gasteiger partial charge in [-0.25, -0.2) is 0 Å². The van der Waals surface area contributed by atoms with E-state index in [9.17, 15) is 0 Å². The Hall–Kier alpha value is -1.26. The van der Waals surface area contributed by atoms with Gasteiger partial charge in [-0.1, -0.05) is 0 Å². The summed E-state index contributed by atoms with van der Waals surface area (Å²) >= 11 is 0. The molecule has 2 fully saturated rings. The second-order valence-electron chi connectivity index (χ2n) is 6.29. The Kier molecular flexibility index (Phi) is 4.36. The van der Waals surface area contributed by atoms with Crippen LogP contribution in [0.2, 0.25) is 0 Å². The van der Waals surface area contributed by atoms with E-state index in [1.807, 2.05) is 6.07 Å². The molecule has 0 radical (unpaired) electrons. The minimum absolute atomic E-state index is 0.608. The molecule has 0 aromatic heterocycles. The van der Waals surface area contributed by atoms with Crippen LogP contribution in [0.5, 0.6) is 11.5 Å². The maximum absolute atomic E-state index is 5.38. The Labute approximate surface area is 127 Å². The Morgan fingerprint density at radius 2 is 1.81 bits per heavy atom. The van der Waals surface area contributed by atoms with Crippen LogP contribution in [0, 0.1) is 0 Å². The van der Waals surface area contributed by atoms with Crippen LogP contribution < -0.4 is 9.47 Å². The third-order valence-electron chi connectivity index (χ3n) is 4.86. The number of rotatable bonds is 4. The summed E-state index contributed by atoms with van der Waals surface area (Å²) < 4.78 is 10.8. The highest BCUT2D eigenvalue weighted by Gasteiger charge is 2.34. The molecule has 2 saturated heterocycles. The van der Waals surface area contributed by atoms with Gasteiger partial charge in [0.2, 0.25) is 0 Å². The molecule has 0 spiro atoms. The van der Waals surface area contributed by atoms with E-state index in [4.69, 9.17) is 9.47 Å². The predicted molar refractivity (Wildman–Crippen MR) is 84.0 cm³/mol. The van der Waals surface area contributed by atoms with Gasteiger partial charge in [-0.15, -0.1) is 0 Å². The van der Waals surface area contributed by atoms with Gasteiger partial charge in [0.25, 0.3) is 0 Å². The number of ether oxygens (including phenoxy) is 2. The van der Waals surface area contributed by atoms with Crippen molar-refractivity contribution in [1.29, 1.82) is 0 Å². The van der Waals surface area contributed by atoms with Crippen molar-refractivity contribution < 1.29 is 9.47 Å². The molecule has 0 aliphatic carbocycles. The highest BCUT2D eigenvalue weighted by Crippen LogP contribution is 2.28. The Balaban J connectivity index is 1.73. The summed E-state index contributed by atoms with van der Waals surface area (Å²) in [5.74, 6) is 1.74. The average Bonchev–Trinajstić information content (AvgIpc) is 2.94. The molecule has 4 heteroatoms. The minimum atomic E-state index is 0.608. The van der Waals surface area contributed by atoms with Gasteiger partial charge in [0.15, 0.2) is 0 Å². The highest BCUT2D eigenvalue weighted by atomic mass is 16.5. The molecule has 3 rings (SSSR count). The van der Waals surface area contributed by atoms with Crippen molar-refractivity contribution in [3.05, 3.63) is 23.8 Å². The quantitative estimate of drug-likeness (QED) is 0.850. The lowest BCUT2D eigenvalue weighted by molar-refractivity contribution is 0.0539. The van der Waals surface area contributed by atoms with Crippen LogP contribution >= 0.6 is 0 Å². The normalized spacial score (nSPS) is 26.6. The molecule has 0 saturated carbocycles. The van der Waals surface area contributed by atoms with E-state index in [0.29, 0.717) is 6.04 Å². The van der Waals surface area contributed by atoms with Crippen molar-refractivity contribution in [2.75, 3.05) is 33.9 Å². The number of piperazine rings is 1. The summed E-state index contributed by atoms with van der Waals surface area (Å²) in [6.07, 6.45) is 2.71. The van der Waals surface area contributed by atoms with Gasteiger partial charge >= 0.3 is 0 Å². The number of hydrogen-bond acceptors (Lipinski definition) is 4. The first-order valence-electron chi connectivity index (χ1n) is 7.89. The van der Waals surface area contributed by atoms with Crippen LogP contribution in [0.15, 0.2) is 18.2 Å². The average molecular weight is 290 g/mol. The lowest BCUT2D eigenvalue weighted by Crippen LogP contribution is -2.54. The molecule has 0 amide bonds. The molecule has 1 aromatic carbocycles. The van der Waals surface area contributed by atoms with Crippen molar-refractivity contribution in [3.8, 4) is 11.5 Å². The van der Waals surface area contributed by atoms with E-state index in [-0.39, 0.29) is 0 Å². The lowest BCUT2D eigenvalue weighted by atomic mass is 10.1. The van der Waals surface area contributed by atoms with Gasteiger partial charge < -0.3 is 9.47 Å². The van der Waals surface area contributed by atoms with Crippen molar-refractivity contribution in [1.82, 2.24) is 9.80 Å². The number of fused-ring (bicyclic) bond motifs is 1. The fraction of sp³-hybridized carbons (Fsp3) is 0.647. The zero-order chi connectivity index (χ0) is 14.8. The van der Waals surface area contributed by atoms with Crippen molar-refractivity contribution in [2.45, 2.75) is 38.4 Å².